The van der Waals surface area contributed by atoms with Gasteiger partial charge < -0.3 is 10.1 Å². The van der Waals surface area contributed by atoms with Crippen molar-refractivity contribution in [1.29, 1.82) is 0 Å². The summed E-state index contributed by atoms with van der Waals surface area (Å²) in [5, 5.41) is 3.72. The Hall–Kier alpha value is -2.48. The van der Waals surface area contributed by atoms with Gasteiger partial charge in [-0.15, -0.1) is 6.58 Å². The number of hydrogen-bond donors (Lipinski definition) is 1. The molecule has 0 bridgehead atoms. The Morgan fingerprint density at radius 3 is 2.77 bits per heavy atom. The minimum Gasteiger partial charge on any atom is -0.495 e. The van der Waals surface area contributed by atoms with Gasteiger partial charge in [-0.05, 0) is 42.8 Å². The number of amides is 2. The Kier molecular flexibility index (Phi) is 7.64. The number of rotatable bonds is 7. The van der Waals surface area contributed by atoms with Crippen molar-refractivity contribution in [1.82, 2.24) is 4.90 Å². The molecule has 0 aromatic heterocycles. The Morgan fingerprint density at radius 1 is 1.32 bits per heavy atom. The van der Waals surface area contributed by atoms with Crippen LogP contribution in [-0.4, -0.2) is 40.8 Å². The highest BCUT2D eigenvalue weighted by Crippen LogP contribution is 2.33. The molecule has 2 aromatic rings. The number of carbonyl (C=O) groups is 2. The maximum absolute atomic E-state index is 12.9. The Morgan fingerprint density at radius 2 is 2.10 bits per heavy atom. The number of thioether (sulfide) groups is 1. The lowest BCUT2D eigenvalue weighted by molar-refractivity contribution is -0.127. The fraction of sp³-hybridized carbons (Fsp3) is 0.227. The second-order valence-electron chi connectivity index (χ2n) is 6.77. The number of halogens is 2. The van der Waals surface area contributed by atoms with Crippen molar-refractivity contribution >= 4 is 63.3 Å². The molecule has 1 heterocycles. The molecule has 1 aliphatic rings. The normalized spacial score (nSPS) is 17.2. The van der Waals surface area contributed by atoms with Crippen molar-refractivity contribution in [2.24, 2.45) is 4.99 Å². The van der Waals surface area contributed by atoms with E-state index in [4.69, 9.17) is 27.9 Å². The predicted octanol–water partition coefficient (Wildman–Crippen LogP) is 5.46. The summed E-state index contributed by atoms with van der Waals surface area (Å²) in [4.78, 5) is 31.6. The molecular weight excluding hydrogens is 457 g/mol. The van der Waals surface area contributed by atoms with Crippen LogP contribution in [0.1, 0.15) is 12.0 Å². The van der Waals surface area contributed by atoms with Crippen molar-refractivity contribution < 1.29 is 14.3 Å². The number of amidine groups is 1. The highest BCUT2D eigenvalue weighted by Gasteiger charge is 2.38. The van der Waals surface area contributed by atoms with Crippen LogP contribution in [0.2, 0.25) is 10.0 Å². The number of nitrogens with one attached hydrogen (secondary N) is 1. The average molecular weight is 478 g/mol. The van der Waals surface area contributed by atoms with E-state index in [0.29, 0.717) is 38.9 Å². The van der Waals surface area contributed by atoms with Gasteiger partial charge >= 0.3 is 0 Å². The molecule has 162 valence electrons. The molecule has 2 amide bonds. The average Bonchev–Trinajstić information content (AvgIpc) is 3.00. The molecule has 1 saturated heterocycles. The lowest BCUT2D eigenvalue weighted by atomic mass is 10.2. The van der Waals surface area contributed by atoms with Gasteiger partial charge in [0.25, 0.3) is 0 Å². The van der Waals surface area contributed by atoms with Crippen LogP contribution >= 0.6 is 35.0 Å². The molecule has 31 heavy (non-hydrogen) atoms. The van der Waals surface area contributed by atoms with Crippen LogP contribution in [0.15, 0.2) is 54.0 Å². The van der Waals surface area contributed by atoms with Crippen molar-refractivity contribution in [3.63, 3.8) is 0 Å². The van der Waals surface area contributed by atoms with Crippen LogP contribution in [0, 0.1) is 6.92 Å². The number of nitrogens with zero attached hydrogens (tertiary/aromatic N) is 2. The van der Waals surface area contributed by atoms with Crippen LogP contribution in [0.5, 0.6) is 5.75 Å². The first-order chi connectivity index (χ1) is 14.8. The largest absolute Gasteiger partial charge is 0.495 e. The summed E-state index contributed by atoms with van der Waals surface area (Å²) >= 11 is 13.4. The first-order valence-corrected chi connectivity index (χ1v) is 11.0. The van der Waals surface area contributed by atoms with E-state index in [2.05, 4.69) is 16.9 Å². The molecule has 0 radical (unpaired) electrons. The number of methoxy groups -OCH3 is 1. The third kappa shape index (κ3) is 5.61. The lowest BCUT2D eigenvalue weighted by Crippen LogP contribution is -2.33. The second-order valence-corrected chi connectivity index (χ2v) is 8.78. The van der Waals surface area contributed by atoms with E-state index < -0.39 is 5.25 Å². The fourth-order valence-electron chi connectivity index (χ4n) is 2.93. The van der Waals surface area contributed by atoms with E-state index in [0.717, 1.165) is 5.56 Å². The van der Waals surface area contributed by atoms with E-state index in [9.17, 15) is 9.59 Å². The van der Waals surface area contributed by atoms with Gasteiger partial charge in [-0.1, -0.05) is 47.1 Å². The summed E-state index contributed by atoms with van der Waals surface area (Å²) in [6.45, 7) is 5.91. The SMILES string of the molecule is C=CCN1C(=O)[C@@H](CC(=O)Nc2cc(Cl)ccc2OC)SC1=Nc1ccc(C)c(Cl)c1. The molecule has 0 spiro atoms. The van der Waals surface area contributed by atoms with Crippen LogP contribution < -0.4 is 10.1 Å². The minimum atomic E-state index is -0.607. The topological polar surface area (TPSA) is 71.0 Å². The van der Waals surface area contributed by atoms with Gasteiger partial charge in [0, 0.05) is 23.0 Å². The first kappa shape index (κ1) is 23.2. The zero-order valence-electron chi connectivity index (χ0n) is 17.0. The quantitative estimate of drug-likeness (QED) is 0.537. The van der Waals surface area contributed by atoms with Crippen LogP contribution in [0.4, 0.5) is 11.4 Å². The molecule has 0 unspecified atom stereocenters. The maximum atomic E-state index is 12.9. The van der Waals surface area contributed by atoms with Gasteiger partial charge in [0.15, 0.2) is 5.17 Å². The Bertz CT molecular complexity index is 1060. The van der Waals surface area contributed by atoms with Gasteiger partial charge in [0.2, 0.25) is 11.8 Å². The first-order valence-electron chi connectivity index (χ1n) is 9.39. The van der Waals surface area contributed by atoms with Crippen LogP contribution in [-0.2, 0) is 9.59 Å². The van der Waals surface area contributed by atoms with Gasteiger partial charge in [0.05, 0.1) is 18.5 Å². The van der Waals surface area contributed by atoms with E-state index in [1.54, 1.807) is 30.3 Å². The van der Waals surface area contributed by atoms with E-state index >= 15 is 0 Å². The van der Waals surface area contributed by atoms with Crippen molar-refractivity contribution in [2.45, 2.75) is 18.6 Å². The lowest BCUT2D eigenvalue weighted by Gasteiger charge is -2.14. The minimum absolute atomic E-state index is 0.0273. The second kappa shape index (κ2) is 10.2. The molecule has 9 heteroatoms. The highest BCUT2D eigenvalue weighted by atomic mass is 35.5. The van der Waals surface area contributed by atoms with Gasteiger partial charge in [-0.2, -0.15) is 0 Å². The summed E-state index contributed by atoms with van der Waals surface area (Å²) in [5.41, 5.74) is 2.02. The number of aryl methyl sites for hydroxylation is 1. The van der Waals surface area contributed by atoms with Crippen LogP contribution in [0.25, 0.3) is 0 Å². The smallest absolute Gasteiger partial charge is 0.242 e. The molecule has 0 saturated carbocycles. The number of carbonyl (C=O) groups excluding carboxylic acids is 2. The molecule has 1 atom stereocenters. The Balaban J connectivity index is 1.77. The monoisotopic (exact) mass is 477 g/mol. The molecule has 1 aliphatic heterocycles. The predicted molar refractivity (Wildman–Crippen MR) is 128 cm³/mol. The number of benzene rings is 2. The Labute approximate surface area is 195 Å². The zero-order valence-corrected chi connectivity index (χ0v) is 19.4. The number of anilines is 1. The summed E-state index contributed by atoms with van der Waals surface area (Å²) in [7, 11) is 1.50. The van der Waals surface area contributed by atoms with Crippen molar-refractivity contribution in [3.05, 3.63) is 64.7 Å². The van der Waals surface area contributed by atoms with E-state index in [-0.39, 0.29) is 18.2 Å². The van der Waals surface area contributed by atoms with Crippen molar-refractivity contribution in [2.75, 3.05) is 19.0 Å². The molecule has 6 nitrogen and oxygen atoms in total. The molecule has 2 aromatic carbocycles. The highest BCUT2D eigenvalue weighted by molar-refractivity contribution is 8.15. The molecule has 3 rings (SSSR count). The maximum Gasteiger partial charge on any atom is 0.242 e. The van der Waals surface area contributed by atoms with Gasteiger partial charge in [0.1, 0.15) is 11.0 Å². The van der Waals surface area contributed by atoms with Gasteiger partial charge in [-0.25, -0.2) is 4.99 Å². The number of ether oxygens (including phenoxy) is 1. The molecule has 0 aliphatic carbocycles. The third-order valence-corrected chi connectivity index (χ3v) is 6.34. The molecular formula is C22H21Cl2N3O3S. The molecule has 1 N–H and O–H groups in total. The van der Waals surface area contributed by atoms with E-state index in [1.807, 2.05) is 19.1 Å². The standard InChI is InChI=1S/C22H21Cl2N3O3S/c1-4-9-27-21(29)19(31-22(27)25-15-7-5-13(2)16(24)11-15)12-20(28)26-17-10-14(23)6-8-18(17)30-3/h4-8,10-11,19H,1,9,12H2,2-3H3,(H,26,28)/t19-/m1/s1. The fourth-order valence-corrected chi connectivity index (χ4v) is 4.45. The van der Waals surface area contributed by atoms with Crippen LogP contribution in [0.3, 0.4) is 0 Å². The summed E-state index contributed by atoms with van der Waals surface area (Å²) in [6, 6.07) is 10.4. The summed E-state index contributed by atoms with van der Waals surface area (Å²) in [5.74, 6) is -0.0467. The number of hydrogen-bond acceptors (Lipinski definition) is 5. The van der Waals surface area contributed by atoms with Gasteiger partial charge in [-0.3, -0.25) is 14.5 Å². The summed E-state index contributed by atoms with van der Waals surface area (Å²) < 4.78 is 5.25. The summed E-state index contributed by atoms with van der Waals surface area (Å²) in [6.07, 6.45) is 1.59. The third-order valence-electron chi connectivity index (χ3n) is 4.52. The van der Waals surface area contributed by atoms with E-state index in [1.165, 1.54) is 23.8 Å². The van der Waals surface area contributed by atoms with Crippen molar-refractivity contribution in [3.8, 4) is 5.75 Å². The molecule has 1 fully saturated rings. The number of aliphatic imine (C=N–C) groups is 1. The zero-order chi connectivity index (χ0) is 22.5.